The van der Waals surface area contributed by atoms with Gasteiger partial charge in [0.2, 0.25) is 10.0 Å². The molecule has 0 amide bonds. The van der Waals surface area contributed by atoms with Gasteiger partial charge >= 0.3 is 0 Å². The lowest BCUT2D eigenvalue weighted by atomic mass is 9.97. The molecule has 0 radical (unpaired) electrons. The molecule has 0 aromatic rings. The van der Waals surface area contributed by atoms with Crippen molar-refractivity contribution >= 4 is 10.0 Å². The fraction of sp³-hybridized carbons (Fsp3) is 1.00. The number of hydrogen-bond acceptors (Lipinski definition) is 4. The molecular weight excluding hydrogens is 274 g/mol. The van der Waals surface area contributed by atoms with E-state index in [1.54, 1.807) is 4.31 Å². The number of sulfonamides is 1. The van der Waals surface area contributed by atoms with Gasteiger partial charge in [0.05, 0.1) is 6.26 Å². The second-order valence-corrected chi connectivity index (χ2v) is 8.25. The Bertz CT molecular complexity index is 397. The van der Waals surface area contributed by atoms with Crippen LogP contribution in [0.15, 0.2) is 0 Å². The second-order valence-electron chi connectivity index (χ2n) is 6.27. The Morgan fingerprint density at radius 1 is 1.30 bits per heavy atom. The maximum Gasteiger partial charge on any atom is 0.211 e. The molecular formula is C14H29N3O2S. The lowest BCUT2D eigenvalue weighted by molar-refractivity contribution is 0.110. The number of piperazine rings is 1. The van der Waals surface area contributed by atoms with Crippen molar-refractivity contribution in [2.75, 3.05) is 45.5 Å². The van der Waals surface area contributed by atoms with E-state index in [-0.39, 0.29) is 0 Å². The summed E-state index contributed by atoms with van der Waals surface area (Å²) in [5, 5.41) is 3.47. The molecule has 0 saturated carbocycles. The molecule has 2 rings (SSSR count). The van der Waals surface area contributed by atoms with E-state index in [0.29, 0.717) is 25.0 Å². The van der Waals surface area contributed by atoms with Crippen LogP contribution in [0.3, 0.4) is 0 Å². The van der Waals surface area contributed by atoms with Crippen LogP contribution < -0.4 is 5.32 Å². The first-order valence-electron chi connectivity index (χ1n) is 7.90. The molecule has 2 atom stereocenters. The van der Waals surface area contributed by atoms with Crippen LogP contribution in [-0.4, -0.2) is 69.2 Å². The molecule has 0 bridgehead atoms. The molecule has 0 aliphatic carbocycles. The molecule has 2 heterocycles. The van der Waals surface area contributed by atoms with Crippen molar-refractivity contribution in [3.63, 3.8) is 0 Å². The summed E-state index contributed by atoms with van der Waals surface area (Å²) in [7, 11) is -3.02. The van der Waals surface area contributed by atoms with Crippen LogP contribution in [0.4, 0.5) is 0 Å². The monoisotopic (exact) mass is 303 g/mol. The van der Waals surface area contributed by atoms with Gasteiger partial charge in [0.25, 0.3) is 0 Å². The highest BCUT2D eigenvalue weighted by Crippen LogP contribution is 2.21. The zero-order chi connectivity index (χ0) is 14.6. The molecule has 2 aliphatic heterocycles. The molecule has 0 spiro atoms. The van der Waals surface area contributed by atoms with E-state index in [2.05, 4.69) is 17.1 Å². The molecule has 5 nitrogen and oxygen atoms in total. The third-order valence-corrected chi connectivity index (χ3v) is 5.81. The summed E-state index contributed by atoms with van der Waals surface area (Å²) in [6.45, 7) is 7.94. The van der Waals surface area contributed by atoms with Gasteiger partial charge < -0.3 is 5.32 Å². The van der Waals surface area contributed by atoms with Crippen LogP contribution in [0.25, 0.3) is 0 Å². The van der Waals surface area contributed by atoms with E-state index in [9.17, 15) is 8.42 Å². The van der Waals surface area contributed by atoms with Gasteiger partial charge in [-0.25, -0.2) is 12.7 Å². The minimum atomic E-state index is -3.02. The Morgan fingerprint density at radius 2 is 2.10 bits per heavy atom. The lowest BCUT2D eigenvalue weighted by Gasteiger charge is -2.40. The standard InChI is InChI=1S/C14H29N3O2S/c1-3-5-14-10-15-7-9-16(14)11-13-6-4-8-17(12-13)20(2,18)19/h13-15H,3-12H2,1-2H3. The largest absolute Gasteiger partial charge is 0.314 e. The van der Waals surface area contributed by atoms with Gasteiger partial charge in [-0.1, -0.05) is 13.3 Å². The summed E-state index contributed by atoms with van der Waals surface area (Å²) >= 11 is 0. The van der Waals surface area contributed by atoms with Crippen molar-refractivity contribution in [1.82, 2.24) is 14.5 Å². The average molecular weight is 303 g/mol. The highest BCUT2D eigenvalue weighted by molar-refractivity contribution is 7.88. The fourth-order valence-corrected chi connectivity index (χ4v) is 4.41. The highest BCUT2D eigenvalue weighted by Gasteiger charge is 2.29. The van der Waals surface area contributed by atoms with Gasteiger partial charge in [-0.15, -0.1) is 0 Å². The molecule has 20 heavy (non-hydrogen) atoms. The molecule has 2 saturated heterocycles. The van der Waals surface area contributed by atoms with Gasteiger partial charge in [-0.2, -0.15) is 0 Å². The van der Waals surface area contributed by atoms with Crippen LogP contribution in [-0.2, 0) is 10.0 Å². The average Bonchev–Trinajstić information content (AvgIpc) is 2.41. The minimum absolute atomic E-state index is 0.496. The number of hydrogen-bond donors (Lipinski definition) is 1. The maximum atomic E-state index is 11.7. The summed E-state index contributed by atoms with van der Waals surface area (Å²) in [5.41, 5.74) is 0. The Morgan fingerprint density at radius 3 is 2.80 bits per heavy atom. The van der Waals surface area contributed by atoms with E-state index in [1.807, 2.05) is 0 Å². The molecule has 2 fully saturated rings. The van der Waals surface area contributed by atoms with Gasteiger partial charge in [0.15, 0.2) is 0 Å². The van der Waals surface area contributed by atoms with E-state index < -0.39 is 10.0 Å². The first kappa shape index (κ1) is 16.2. The van der Waals surface area contributed by atoms with Crippen LogP contribution in [0.1, 0.15) is 32.6 Å². The summed E-state index contributed by atoms with van der Waals surface area (Å²) in [6, 6.07) is 0.627. The quantitative estimate of drug-likeness (QED) is 0.814. The van der Waals surface area contributed by atoms with Crippen molar-refractivity contribution < 1.29 is 8.42 Å². The maximum absolute atomic E-state index is 11.7. The first-order valence-corrected chi connectivity index (χ1v) is 9.75. The molecule has 0 aromatic heterocycles. The Hall–Kier alpha value is -0.170. The van der Waals surface area contributed by atoms with Crippen molar-refractivity contribution in [2.45, 2.75) is 38.6 Å². The molecule has 118 valence electrons. The van der Waals surface area contributed by atoms with Crippen molar-refractivity contribution in [3.05, 3.63) is 0 Å². The predicted octanol–water partition coefficient (Wildman–Crippen LogP) is 0.732. The van der Waals surface area contributed by atoms with Gasteiger partial charge in [-0.3, -0.25) is 4.90 Å². The van der Waals surface area contributed by atoms with Crippen LogP contribution in [0.5, 0.6) is 0 Å². The second kappa shape index (κ2) is 7.20. The molecule has 0 aromatic carbocycles. The van der Waals surface area contributed by atoms with Gasteiger partial charge in [0, 0.05) is 45.3 Å². The molecule has 6 heteroatoms. The van der Waals surface area contributed by atoms with Crippen molar-refractivity contribution in [2.24, 2.45) is 5.92 Å². The number of nitrogens with one attached hydrogen (secondary N) is 1. The Kier molecular flexibility index (Phi) is 5.84. The zero-order valence-electron chi connectivity index (χ0n) is 12.8. The summed E-state index contributed by atoms with van der Waals surface area (Å²) < 4.78 is 25.1. The van der Waals surface area contributed by atoms with Crippen LogP contribution >= 0.6 is 0 Å². The zero-order valence-corrected chi connectivity index (χ0v) is 13.7. The van der Waals surface area contributed by atoms with Gasteiger partial charge in [-0.05, 0) is 25.2 Å². The topological polar surface area (TPSA) is 52.6 Å². The van der Waals surface area contributed by atoms with E-state index in [1.165, 1.54) is 19.1 Å². The Balaban J connectivity index is 1.91. The predicted molar refractivity (Wildman–Crippen MR) is 82.3 cm³/mol. The van der Waals surface area contributed by atoms with E-state index >= 15 is 0 Å². The van der Waals surface area contributed by atoms with Gasteiger partial charge in [0.1, 0.15) is 0 Å². The summed E-state index contributed by atoms with van der Waals surface area (Å²) in [5.74, 6) is 0.496. The number of rotatable bonds is 5. The van der Waals surface area contributed by atoms with E-state index in [0.717, 1.165) is 39.0 Å². The summed E-state index contributed by atoms with van der Waals surface area (Å²) in [4.78, 5) is 2.58. The summed E-state index contributed by atoms with van der Waals surface area (Å²) in [6.07, 6.45) is 5.94. The fourth-order valence-electron chi connectivity index (χ4n) is 3.47. The minimum Gasteiger partial charge on any atom is -0.314 e. The molecule has 1 N–H and O–H groups in total. The first-order chi connectivity index (χ1) is 9.50. The Labute approximate surface area is 123 Å². The molecule has 2 aliphatic rings. The molecule has 2 unspecified atom stereocenters. The van der Waals surface area contributed by atoms with Crippen molar-refractivity contribution in [1.29, 1.82) is 0 Å². The highest BCUT2D eigenvalue weighted by atomic mass is 32.2. The number of nitrogens with zero attached hydrogens (tertiary/aromatic N) is 2. The number of piperidine rings is 1. The third-order valence-electron chi connectivity index (χ3n) is 4.54. The van der Waals surface area contributed by atoms with E-state index in [4.69, 9.17) is 0 Å². The third kappa shape index (κ3) is 4.41. The lowest BCUT2D eigenvalue weighted by Crippen LogP contribution is -2.54. The van der Waals surface area contributed by atoms with Crippen LogP contribution in [0.2, 0.25) is 0 Å². The van der Waals surface area contributed by atoms with Crippen molar-refractivity contribution in [3.8, 4) is 0 Å². The normalized spacial score (nSPS) is 30.5. The SMILES string of the molecule is CCCC1CNCCN1CC1CCCN(S(C)(=O)=O)C1. The van der Waals surface area contributed by atoms with Crippen LogP contribution in [0, 0.1) is 5.92 Å². The smallest absolute Gasteiger partial charge is 0.211 e.